The highest BCUT2D eigenvalue weighted by molar-refractivity contribution is 6.01. The Labute approximate surface area is 157 Å². The smallest absolute Gasteiger partial charge is 0.193 e. The van der Waals surface area contributed by atoms with Gasteiger partial charge in [-0.25, -0.2) is 0 Å². The Morgan fingerprint density at radius 1 is 1.37 bits per heavy atom. The lowest BCUT2D eigenvalue weighted by Crippen LogP contribution is -2.62. The summed E-state index contributed by atoms with van der Waals surface area (Å²) in [5.41, 5.74) is -2.02. The van der Waals surface area contributed by atoms with Crippen LogP contribution in [-0.4, -0.2) is 56.9 Å². The zero-order chi connectivity index (χ0) is 19.4. The molecule has 0 aromatic carbocycles. The highest BCUT2D eigenvalue weighted by Gasteiger charge is 2.80. The van der Waals surface area contributed by atoms with Gasteiger partial charge in [-0.2, -0.15) is 0 Å². The molecule has 2 saturated carbocycles. The number of hydrogen-bond donors (Lipinski definition) is 3. The molecule has 3 N–H and O–H groups in total. The van der Waals surface area contributed by atoms with Crippen molar-refractivity contribution in [1.82, 2.24) is 0 Å². The minimum atomic E-state index is -2.04. The molecule has 1 saturated heterocycles. The van der Waals surface area contributed by atoms with Crippen molar-refractivity contribution in [3.8, 4) is 0 Å². The van der Waals surface area contributed by atoms with Crippen LogP contribution in [0.25, 0.3) is 0 Å². The van der Waals surface area contributed by atoms with Crippen molar-refractivity contribution in [2.45, 2.75) is 56.5 Å². The third-order valence-electron chi connectivity index (χ3n) is 8.14. The van der Waals surface area contributed by atoms with Gasteiger partial charge in [-0.15, -0.1) is 0 Å². The maximum Gasteiger partial charge on any atom is 0.193 e. The molecular weight excluding hydrogens is 348 g/mol. The van der Waals surface area contributed by atoms with E-state index in [1.165, 1.54) is 0 Å². The van der Waals surface area contributed by atoms with Crippen molar-refractivity contribution in [2.75, 3.05) is 6.61 Å². The van der Waals surface area contributed by atoms with Crippen LogP contribution < -0.4 is 0 Å². The monoisotopic (exact) mass is 372 g/mol. The van der Waals surface area contributed by atoms with E-state index in [1.807, 2.05) is 6.08 Å². The number of aliphatic hydroxyl groups excluding tert-OH is 2. The summed E-state index contributed by atoms with van der Waals surface area (Å²) in [5, 5.41) is 31.2. The van der Waals surface area contributed by atoms with Crippen molar-refractivity contribution in [1.29, 1.82) is 0 Å². The Bertz CT molecular complexity index is 870. The van der Waals surface area contributed by atoms with Gasteiger partial charge < -0.3 is 20.1 Å². The third kappa shape index (κ3) is 1.68. The highest BCUT2D eigenvalue weighted by atomic mass is 16.6. The second-order valence-electron chi connectivity index (χ2n) is 9.05. The minimum Gasteiger partial charge on any atom is -0.388 e. The summed E-state index contributed by atoms with van der Waals surface area (Å²) < 4.78 is 6.31. The average Bonchev–Trinajstić information content (AvgIpc) is 3.31. The van der Waals surface area contributed by atoms with Gasteiger partial charge in [-0.1, -0.05) is 30.2 Å². The fourth-order valence-corrected chi connectivity index (χ4v) is 6.62. The van der Waals surface area contributed by atoms with Crippen molar-refractivity contribution < 1.29 is 29.6 Å². The second kappa shape index (κ2) is 4.87. The topological polar surface area (TPSA) is 107 Å². The van der Waals surface area contributed by atoms with Crippen molar-refractivity contribution >= 4 is 11.6 Å². The molecule has 3 fully saturated rings. The number of rotatable bonds is 2. The van der Waals surface area contributed by atoms with E-state index >= 15 is 0 Å². The van der Waals surface area contributed by atoms with E-state index in [2.05, 4.69) is 6.92 Å². The van der Waals surface area contributed by atoms with Crippen LogP contribution in [0.5, 0.6) is 0 Å². The summed E-state index contributed by atoms with van der Waals surface area (Å²) in [6, 6.07) is 0. The molecule has 6 nitrogen and oxygen atoms in total. The number of Topliss-reactive ketones (excluding diaryl/α,β-unsaturated/α-hetero) is 1. The van der Waals surface area contributed by atoms with Gasteiger partial charge in [0.15, 0.2) is 17.2 Å². The molecule has 4 aliphatic carbocycles. The fourth-order valence-electron chi connectivity index (χ4n) is 6.62. The maximum absolute atomic E-state index is 12.4. The number of epoxide rings is 1. The summed E-state index contributed by atoms with van der Waals surface area (Å²) in [6.45, 7) is 3.07. The van der Waals surface area contributed by atoms with Gasteiger partial charge in [0.25, 0.3) is 0 Å². The first-order chi connectivity index (χ1) is 12.6. The van der Waals surface area contributed by atoms with Crippen LogP contribution in [0.15, 0.2) is 35.5 Å². The quantitative estimate of drug-likeness (QED) is 0.484. The van der Waals surface area contributed by atoms with Gasteiger partial charge in [-0.3, -0.25) is 9.59 Å². The lowest BCUT2D eigenvalue weighted by Gasteiger charge is -2.53. The van der Waals surface area contributed by atoms with Crippen LogP contribution in [0, 0.1) is 16.7 Å². The number of aliphatic hydroxyl groups is 3. The summed E-state index contributed by atoms with van der Waals surface area (Å²) >= 11 is 0. The molecule has 1 heterocycles. The number of fused-ring (bicyclic) bond motifs is 3. The van der Waals surface area contributed by atoms with Crippen LogP contribution in [0.4, 0.5) is 0 Å². The molecule has 6 heteroatoms. The Morgan fingerprint density at radius 2 is 2.11 bits per heavy atom. The molecule has 27 heavy (non-hydrogen) atoms. The Hall–Kier alpha value is -1.60. The predicted molar refractivity (Wildman–Crippen MR) is 94.5 cm³/mol. The van der Waals surface area contributed by atoms with E-state index in [1.54, 1.807) is 25.2 Å². The average molecular weight is 372 g/mol. The van der Waals surface area contributed by atoms with Crippen molar-refractivity contribution in [2.24, 2.45) is 16.7 Å². The van der Waals surface area contributed by atoms with Gasteiger partial charge in [-0.05, 0) is 38.3 Å². The minimum absolute atomic E-state index is 0.00593. The summed E-state index contributed by atoms with van der Waals surface area (Å²) in [6.07, 6.45) is 7.17. The van der Waals surface area contributed by atoms with Gasteiger partial charge in [0, 0.05) is 16.7 Å². The molecule has 0 aromatic rings. The summed E-state index contributed by atoms with van der Waals surface area (Å²) in [7, 11) is 0. The molecule has 1 aliphatic heterocycles. The van der Waals surface area contributed by atoms with Gasteiger partial charge in [0.05, 0.1) is 6.10 Å². The first-order valence-corrected chi connectivity index (χ1v) is 9.54. The van der Waals surface area contributed by atoms with E-state index in [0.29, 0.717) is 6.42 Å². The van der Waals surface area contributed by atoms with Crippen LogP contribution in [-0.2, 0) is 14.3 Å². The number of ether oxygens (including phenoxy) is 1. The van der Waals surface area contributed by atoms with Crippen molar-refractivity contribution in [3.05, 3.63) is 35.5 Å². The number of ketones is 2. The Balaban J connectivity index is 1.63. The summed E-state index contributed by atoms with van der Waals surface area (Å²) in [4.78, 5) is 24.3. The highest BCUT2D eigenvalue weighted by Crippen LogP contribution is 2.74. The molecule has 0 unspecified atom stereocenters. The van der Waals surface area contributed by atoms with Gasteiger partial charge >= 0.3 is 0 Å². The number of hydrogen-bond acceptors (Lipinski definition) is 6. The zero-order valence-electron chi connectivity index (χ0n) is 15.4. The van der Waals surface area contributed by atoms with E-state index < -0.39 is 40.5 Å². The lowest BCUT2D eigenvalue weighted by molar-refractivity contribution is -0.166. The van der Waals surface area contributed by atoms with Crippen LogP contribution >= 0.6 is 0 Å². The number of allylic oxidation sites excluding steroid dienone is 2. The fraction of sp³-hybridized carbons (Fsp3) is 0.619. The largest absolute Gasteiger partial charge is 0.388 e. The van der Waals surface area contributed by atoms with Crippen LogP contribution in [0.1, 0.15) is 33.1 Å². The van der Waals surface area contributed by atoms with Gasteiger partial charge in [0.2, 0.25) is 0 Å². The SMILES string of the molecule is C[C@]12C=CC(=O)C=C1CC[C@H]1C3=C[C@@H](O)[C@](O)(C(=O)CO)[C@@]3(C)C[C@@H]3O[C@@]312. The standard InChI is InChI=1S/C21H24O6/c1-18-6-5-12(23)7-11(18)3-4-13-14-8-15(24)20(26,16(25)10-22)19(14,2)9-17-21(13,18)27-17/h5-8,13,15,17,22,24,26H,3-4,9-10H2,1-2H3/t13-,15+,17-,18-,19-,20-,21+/m0/s1. The number of carbonyl (C=O) groups is 2. The Morgan fingerprint density at radius 3 is 2.81 bits per heavy atom. The molecule has 5 rings (SSSR count). The molecule has 144 valence electrons. The van der Waals surface area contributed by atoms with Crippen LogP contribution in [0.3, 0.4) is 0 Å². The molecule has 0 bridgehead atoms. The third-order valence-corrected chi connectivity index (χ3v) is 8.14. The summed E-state index contributed by atoms with van der Waals surface area (Å²) in [5.74, 6) is -0.826. The maximum atomic E-state index is 12.4. The van der Waals surface area contributed by atoms with E-state index in [-0.39, 0.29) is 17.8 Å². The molecule has 7 atom stereocenters. The van der Waals surface area contributed by atoms with E-state index in [9.17, 15) is 24.9 Å². The predicted octanol–water partition coefficient (Wildman–Crippen LogP) is 0.609. The molecule has 0 amide bonds. The molecule has 0 radical (unpaired) electrons. The van der Waals surface area contributed by atoms with Gasteiger partial charge in [0.1, 0.15) is 18.3 Å². The van der Waals surface area contributed by atoms with Crippen LogP contribution in [0.2, 0.25) is 0 Å². The molecule has 5 aliphatic rings. The first-order valence-electron chi connectivity index (χ1n) is 9.54. The lowest BCUT2D eigenvalue weighted by atomic mass is 9.48. The Kier molecular flexibility index (Phi) is 3.15. The van der Waals surface area contributed by atoms with E-state index in [4.69, 9.17) is 4.74 Å². The van der Waals surface area contributed by atoms with Crippen molar-refractivity contribution in [3.63, 3.8) is 0 Å². The normalized spacial score (nSPS) is 52.2. The molecule has 0 aromatic heterocycles. The van der Waals surface area contributed by atoms with E-state index in [0.717, 1.165) is 24.0 Å². The number of carbonyl (C=O) groups excluding carboxylic acids is 2. The zero-order valence-corrected chi connectivity index (χ0v) is 15.4. The first kappa shape index (κ1) is 17.5. The molecular formula is C21H24O6. The second-order valence-corrected chi connectivity index (χ2v) is 9.05. The molecule has 1 spiro atoms.